The third-order valence-electron chi connectivity index (χ3n) is 5.09. The highest BCUT2D eigenvalue weighted by Crippen LogP contribution is 2.37. The molecule has 1 nitrogen and oxygen atoms in total. The van der Waals surface area contributed by atoms with E-state index in [2.05, 4.69) is 65.8 Å². The zero-order chi connectivity index (χ0) is 21.4. The molecule has 0 unspecified atom stereocenters. The van der Waals surface area contributed by atoms with Crippen molar-refractivity contribution in [2.75, 3.05) is 4.90 Å². The Morgan fingerprint density at radius 3 is 1.17 bits per heavy atom. The van der Waals surface area contributed by atoms with Crippen molar-refractivity contribution in [2.24, 2.45) is 0 Å². The molecule has 0 atom stereocenters. The first-order chi connectivity index (χ1) is 13.4. The van der Waals surface area contributed by atoms with E-state index in [4.69, 9.17) is 0 Å². The van der Waals surface area contributed by atoms with E-state index in [0.717, 1.165) is 17.4 Å². The van der Waals surface area contributed by atoms with E-state index >= 15 is 0 Å². The van der Waals surface area contributed by atoms with Crippen LogP contribution in [0, 0.1) is 11.6 Å². The molecular formula is C26H29F2N. The summed E-state index contributed by atoms with van der Waals surface area (Å²) in [6.07, 6.45) is 0. The highest BCUT2D eigenvalue weighted by molar-refractivity contribution is 5.76. The van der Waals surface area contributed by atoms with Gasteiger partial charge in [-0.1, -0.05) is 65.8 Å². The fourth-order valence-corrected chi connectivity index (χ4v) is 3.34. The van der Waals surface area contributed by atoms with Crippen molar-refractivity contribution in [3.05, 3.63) is 89.5 Å². The molecule has 3 rings (SSSR count). The number of nitrogens with zero attached hydrogens (tertiary/aromatic N) is 1. The normalized spacial score (nSPS) is 12.1. The summed E-state index contributed by atoms with van der Waals surface area (Å²) >= 11 is 0. The van der Waals surface area contributed by atoms with Crippen molar-refractivity contribution in [3.63, 3.8) is 0 Å². The molecule has 0 saturated carbocycles. The molecule has 0 aliphatic carbocycles. The van der Waals surface area contributed by atoms with Gasteiger partial charge in [-0.2, -0.15) is 0 Å². The quantitative estimate of drug-likeness (QED) is 0.435. The van der Waals surface area contributed by atoms with Crippen molar-refractivity contribution in [3.8, 4) is 0 Å². The predicted molar refractivity (Wildman–Crippen MR) is 118 cm³/mol. The van der Waals surface area contributed by atoms with Gasteiger partial charge < -0.3 is 4.90 Å². The monoisotopic (exact) mass is 393 g/mol. The Kier molecular flexibility index (Phi) is 5.53. The van der Waals surface area contributed by atoms with Gasteiger partial charge in [0, 0.05) is 17.4 Å². The van der Waals surface area contributed by atoms with Crippen molar-refractivity contribution in [2.45, 2.75) is 52.4 Å². The van der Waals surface area contributed by atoms with E-state index in [0.29, 0.717) is 5.69 Å². The summed E-state index contributed by atoms with van der Waals surface area (Å²) in [6, 6.07) is 19.9. The van der Waals surface area contributed by atoms with Gasteiger partial charge in [0.05, 0.1) is 5.69 Å². The number of hydrogen-bond acceptors (Lipinski definition) is 1. The van der Waals surface area contributed by atoms with Crippen LogP contribution in [0.15, 0.2) is 66.7 Å². The number of rotatable bonds is 3. The molecule has 3 aromatic carbocycles. The Hall–Kier alpha value is -2.68. The van der Waals surface area contributed by atoms with Gasteiger partial charge in [-0.15, -0.1) is 0 Å². The Morgan fingerprint density at radius 2 is 0.862 bits per heavy atom. The largest absolute Gasteiger partial charge is 0.310 e. The van der Waals surface area contributed by atoms with E-state index < -0.39 is 11.6 Å². The Labute approximate surface area is 173 Å². The first-order valence-electron chi connectivity index (χ1n) is 9.92. The van der Waals surface area contributed by atoms with E-state index in [1.54, 1.807) is 0 Å². The minimum atomic E-state index is -0.595. The minimum absolute atomic E-state index is 0.0304. The lowest BCUT2D eigenvalue weighted by atomic mass is 9.86. The molecule has 0 aliphatic heterocycles. The zero-order valence-corrected chi connectivity index (χ0v) is 18.1. The van der Waals surface area contributed by atoms with Gasteiger partial charge in [0.25, 0.3) is 0 Å². The van der Waals surface area contributed by atoms with E-state index in [-0.39, 0.29) is 10.8 Å². The van der Waals surface area contributed by atoms with Gasteiger partial charge >= 0.3 is 0 Å². The van der Waals surface area contributed by atoms with Gasteiger partial charge in [-0.3, -0.25) is 0 Å². The van der Waals surface area contributed by atoms with Crippen molar-refractivity contribution in [1.29, 1.82) is 0 Å². The summed E-state index contributed by atoms with van der Waals surface area (Å²) in [5, 5.41) is 0. The Bertz CT molecular complexity index is 897. The number of anilines is 3. The molecule has 3 heteroatoms. The fraction of sp³-hybridized carbons (Fsp3) is 0.308. The molecule has 152 valence electrons. The summed E-state index contributed by atoms with van der Waals surface area (Å²) in [4.78, 5) is 1.88. The average Bonchev–Trinajstić information content (AvgIpc) is 2.60. The van der Waals surface area contributed by atoms with Crippen LogP contribution in [0.1, 0.15) is 52.7 Å². The summed E-state index contributed by atoms with van der Waals surface area (Å²) in [5.41, 5.74) is 4.63. The predicted octanol–water partition coefficient (Wildman–Crippen LogP) is 8.03. The second-order valence-electron chi connectivity index (χ2n) is 9.56. The van der Waals surface area contributed by atoms with E-state index in [9.17, 15) is 8.78 Å². The molecule has 0 amide bonds. The molecular weight excluding hydrogens is 364 g/mol. The Balaban J connectivity index is 2.12. The molecule has 0 aliphatic rings. The maximum atomic E-state index is 14.0. The Morgan fingerprint density at radius 1 is 0.517 bits per heavy atom. The number of hydrogen-bond donors (Lipinski definition) is 0. The van der Waals surface area contributed by atoms with E-state index in [1.165, 1.54) is 23.3 Å². The molecule has 3 aromatic rings. The van der Waals surface area contributed by atoms with Crippen LogP contribution in [0.4, 0.5) is 25.8 Å². The summed E-state index contributed by atoms with van der Waals surface area (Å²) < 4.78 is 28.0. The first kappa shape index (κ1) is 21.0. The molecule has 0 spiro atoms. The maximum Gasteiger partial charge on any atom is 0.128 e. The van der Waals surface area contributed by atoms with Crippen LogP contribution < -0.4 is 4.90 Å². The molecule has 29 heavy (non-hydrogen) atoms. The molecule has 0 fully saturated rings. The van der Waals surface area contributed by atoms with Crippen LogP contribution >= 0.6 is 0 Å². The molecule has 0 heterocycles. The second kappa shape index (κ2) is 7.62. The first-order valence-corrected chi connectivity index (χ1v) is 9.92. The molecule has 0 N–H and O–H groups in total. The lowest BCUT2D eigenvalue weighted by Crippen LogP contribution is -2.14. The van der Waals surface area contributed by atoms with Crippen LogP contribution in [0.5, 0.6) is 0 Å². The molecule has 0 saturated heterocycles. The second-order valence-corrected chi connectivity index (χ2v) is 9.56. The van der Waals surface area contributed by atoms with Crippen LogP contribution in [0.2, 0.25) is 0 Å². The lowest BCUT2D eigenvalue weighted by Gasteiger charge is -2.28. The molecule has 0 aromatic heterocycles. The van der Waals surface area contributed by atoms with Gasteiger partial charge in [0.1, 0.15) is 11.6 Å². The number of halogens is 2. The van der Waals surface area contributed by atoms with Crippen LogP contribution in [-0.4, -0.2) is 0 Å². The summed E-state index contributed by atoms with van der Waals surface area (Å²) in [7, 11) is 0. The highest BCUT2D eigenvalue weighted by atomic mass is 19.1. The molecule has 0 radical (unpaired) electrons. The molecule has 0 bridgehead atoms. The van der Waals surface area contributed by atoms with Crippen molar-refractivity contribution >= 4 is 17.1 Å². The zero-order valence-electron chi connectivity index (χ0n) is 18.1. The van der Waals surface area contributed by atoms with Gasteiger partial charge in [-0.25, -0.2) is 8.78 Å². The third kappa shape index (κ3) is 4.84. The van der Waals surface area contributed by atoms with Gasteiger partial charge in [0.2, 0.25) is 0 Å². The van der Waals surface area contributed by atoms with Crippen LogP contribution in [-0.2, 0) is 10.8 Å². The summed E-state index contributed by atoms with van der Waals surface area (Å²) in [6.45, 7) is 13.0. The van der Waals surface area contributed by atoms with Crippen LogP contribution in [0.25, 0.3) is 0 Å². The van der Waals surface area contributed by atoms with Crippen molar-refractivity contribution < 1.29 is 8.78 Å². The highest BCUT2D eigenvalue weighted by Gasteiger charge is 2.19. The van der Waals surface area contributed by atoms with Crippen LogP contribution in [0.3, 0.4) is 0 Å². The smallest absolute Gasteiger partial charge is 0.128 e. The summed E-state index contributed by atoms with van der Waals surface area (Å²) in [5.74, 6) is -1.19. The van der Waals surface area contributed by atoms with Crippen molar-refractivity contribution in [1.82, 2.24) is 0 Å². The fourth-order valence-electron chi connectivity index (χ4n) is 3.34. The maximum absolute atomic E-state index is 14.0. The standard InChI is InChI=1S/C26H29F2N/c1-25(2,3)18-7-11-22(12-8-18)29(24-16-20(27)15-21(28)17-24)23-13-9-19(10-14-23)26(4,5)6/h7-17H,1-6H3. The lowest BCUT2D eigenvalue weighted by molar-refractivity contribution is 0.584. The topological polar surface area (TPSA) is 3.24 Å². The van der Waals surface area contributed by atoms with E-state index in [1.807, 2.05) is 29.2 Å². The minimum Gasteiger partial charge on any atom is -0.310 e. The number of benzene rings is 3. The average molecular weight is 394 g/mol. The van der Waals surface area contributed by atoms with Gasteiger partial charge in [0.15, 0.2) is 0 Å². The SMILES string of the molecule is CC(C)(C)c1ccc(N(c2ccc(C(C)(C)C)cc2)c2cc(F)cc(F)c2)cc1. The van der Waals surface area contributed by atoms with Gasteiger partial charge in [-0.05, 0) is 58.4 Å². The third-order valence-corrected chi connectivity index (χ3v) is 5.09.